The molecule has 0 aliphatic rings. The lowest BCUT2D eigenvalue weighted by Gasteiger charge is -2.04. The number of hydrogen-bond donors (Lipinski definition) is 1. The van der Waals surface area contributed by atoms with Crippen LogP contribution in [0.15, 0.2) is 17.3 Å². The summed E-state index contributed by atoms with van der Waals surface area (Å²) in [6, 6.07) is 0. The van der Waals surface area contributed by atoms with Crippen molar-refractivity contribution in [2.45, 2.75) is 12.1 Å². The molecule has 1 aromatic heterocycles. The molecule has 0 saturated carbocycles. The average molecular weight is 213 g/mol. The van der Waals surface area contributed by atoms with Gasteiger partial charge in [0.2, 0.25) is 5.16 Å². The zero-order valence-electron chi connectivity index (χ0n) is 8.53. The van der Waals surface area contributed by atoms with Crippen molar-refractivity contribution in [1.29, 1.82) is 0 Å². The second-order valence-electron chi connectivity index (χ2n) is 2.90. The molecule has 0 bridgehead atoms. The minimum absolute atomic E-state index is 0.822. The summed E-state index contributed by atoms with van der Waals surface area (Å²) < 4.78 is 1.66. The SMILES string of the molecule is C=C(CNCC)CSc1nnnn1C. The molecule has 0 unspecified atom stereocenters. The van der Waals surface area contributed by atoms with Gasteiger partial charge in [0.25, 0.3) is 0 Å². The van der Waals surface area contributed by atoms with Gasteiger partial charge in [0, 0.05) is 19.3 Å². The van der Waals surface area contributed by atoms with Crippen molar-refractivity contribution in [3.8, 4) is 0 Å². The van der Waals surface area contributed by atoms with E-state index in [0.29, 0.717) is 0 Å². The van der Waals surface area contributed by atoms with E-state index in [2.05, 4.69) is 34.3 Å². The predicted octanol–water partition coefficient (Wildman–Crippen LogP) is 0.468. The van der Waals surface area contributed by atoms with Gasteiger partial charge < -0.3 is 5.32 Å². The predicted molar refractivity (Wildman–Crippen MR) is 57.2 cm³/mol. The Labute approximate surface area is 88.0 Å². The van der Waals surface area contributed by atoms with Gasteiger partial charge in [0.15, 0.2) is 0 Å². The Morgan fingerprint density at radius 2 is 2.43 bits per heavy atom. The van der Waals surface area contributed by atoms with Gasteiger partial charge in [0.1, 0.15) is 0 Å². The number of rotatable bonds is 6. The van der Waals surface area contributed by atoms with Crippen molar-refractivity contribution in [2.75, 3.05) is 18.8 Å². The molecular formula is C8H15N5S. The monoisotopic (exact) mass is 213 g/mol. The molecule has 0 fully saturated rings. The molecule has 0 spiro atoms. The summed E-state index contributed by atoms with van der Waals surface area (Å²) in [6.45, 7) is 7.86. The molecule has 0 aliphatic heterocycles. The Morgan fingerprint density at radius 3 is 3.00 bits per heavy atom. The average Bonchev–Trinajstić information content (AvgIpc) is 2.58. The van der Waals surface area contributed by atoms with Crippen molar-refractivity contribution in [3.63, 3.8) is 0 Å². The van der Waals surface area contributed by atoms with Crippen molar-refractivity contribution in [1.82, 2.24) is 25.5 Å². The van der Waals surface area contributed by atoms with E-state index in [-0.39, 0.29) is 0 Å². The topological polar surface area (TPSA) is 55.6 Å². The summed E-state index contributed by atoms with van der Waals surface area (Å²) in [5.74, 6) is 0.848. The highest BCUT2D eigenvalue weighted by Crippen LogP contribution is 2.14. The Hall–Kier alpha value is -0.880. The number of aryl methyl sites for hydroxylation is 1. The summed E-state index contributed by atoms with van der Waals surface area (Å²) in [4.78, 5) is 0. The summed E-state index contributed by atoms with van der Waals surface area (Å²) in [7, 11) is 1.83. The molecule has 0 radical (unpaired) electrons. The first kappa shape index (κ1) is 11.2. The lowest BCUT2D eigenvalue weighted by Crippen LogP contribution is -2.16. The maximum Gasteiger partial charge on any atom is 0.209 e. The van der Waals surface area contributed by atoms with Crippen molar-refractivity contribution < 1.29 is 0 Å². The smallest absolute Gasteiger partial charge is 0.209 e. The van der Waals surface area contributed by atoms with Crippen LogP contribution in [-0.4, -0.2) is 39.0 Å². The van der Waals surface area contributed by atoms with Crippen LogP contribution >= 0.6 is 11.8 Å². The van der Waals surface area contributed by atoms with E-state index in [4.69, 9.17) is 0 Å². The molecule has 0 amide bonds. The molecule has 1 rings (SSSR count). The number of likely N-dealkylation sites (N-methyl/N-ethyl adjacent to an activating group) is 1. The number of hydrogen-bond acceptors (Lipinski definition) is 5. The molecular weight excluding hydrogens is 198 g/mol. The van der Waals surface area contributed by atoms with Crippen LogP contribution in [0.4, 0.5) is 0 Å². The number of nitrogens with one attached hydrogen (secondary N) is 1. The van der Waals surface area contributed by atoms with Crippen molar-refractivity contribution in [2.24, 2.45) is 7.05 Å². The van der Waals surface area contributed by atoms with Gasteiger partial charge in [0.05, 0.1) is 0 Å². The minimum atomic E-state index is 0.822. The van der Waals surface area contributed by atoms with Crippen LogP contribution in [-0.2, 0) is 7.05 Å². The highest BCUT2D eigenvalue weighted by Gasteiger charge is 2.03. The van der Waals surface area contributed by atoms with E-state index in [1.54, 1.807) is 16.4 Å². The highest BCUT2D eigenvalue weighted by molar-refractivity contribution is 7.99. The molecule has 6 heteroatoms. The molecule has 0 saturated heterocycles. The maximum atomic E-state index is 3.96. The Bertz CT molecular complexity index is 296. The Morgan fingerprint density at radius 1 is 1.64 bits per heavy atom. The summed E-state index contributed by atoms with van der Waals surface area (Å²) >= 11 is 1.60. The number of aromatic nitrogens is 4. The number of nitrogens with zero attached hydrogens (tertiary/aromatic N) is 4. The third-order valence-electron chi connectivity index (χ3n) is 1.61. The molecule has 5 nitrogen and oxygen atoms in total. The molecule has 1 N–H and O–H groups in total. The van der Waals surface area contributed by atoms with Crippen LogP contribution < -0.4 is 5.32 Å². The molecule has 14 heavy (non-hydrogen) atoms. The van der Waals surface area contributed by atoms with Gasteiger partial charge in [-0.15, -0.1) is 5.10 Å². The zero-order valence-corrected chi connectivity index (χ0v) is 9.34. The maximum absolute atomic E-state index is 3.96. The molecule has 1 heterocycles. The lowest BCUT2D eigenvalue weighted by atomic mass is 10.3. The van der Waals surface area contributed by atoms with Gasteiger partial charge in [-0.2, -0.15) is 0 Å². The molecule has 78 valence electrons. The first-order chi connectivity index (χ1) is 6.74. The number of thioether (sulfide) groups is 1. The molecule has 1 aromatic rings. The number of tetrazole rings is 1. The van der Waals surface area contributed by atoms with Crippen LogP contribution in [0.3, 0.4) is 0 Å². The zero-order chi connectivity index (χ0) is 10.4. The van der Waals surface area contributed by atoms with Gasteiger partial charge >= 0.3 is 0 Å². The quantitative estimate of drug-likeness (QED) is 0.550. The van der Waals surface area contributed by atoms with Crippen LogP contribution in [0.5, 0.6) is 0 Å². The van der Waals surface area contributed by atoms with Crippen LogP contribution in [0.2, 0.25) is 0 Å². The van der Waals surface area contributed by atoms with E-state index in [0.717, 1.165) is 29.6 Å². The summed E-state index contributed by atoms with van der Waals surface area (Å²) in [5, 5.41) is 15.2. The van der Waals surface area contributed by atoms with E-state index in [1.165, 1.54) is 0 Å². The van der Waals surface area contributed by atoms with E-state index < -0.39 is 0 Å². The first-order valence-electron chi connectivity index (χ1n) is 4.46. The standard InChI is InChI=1S/C8H15N5S/c1-4-9-5-7(2)6-14-8-10-11-12-13(8)3/h9H,2,4-6H2,1,3H3. The summed E-state index contributed by atoms with van der Waals surface area (Å²) in [6.07, 6.45) is 0. The second-order valence-corrected chi connectivity index (χ2v) is 3.85. The van der Waals surface area contributed by atoms with Gasteiger partial charge in [-0.3, -0.25) is 0 Å². The van der Waals surface area contributed by atoms with Gasteiger partial charge in [-0.1, -0.05) is 30.8 Å². The summed E-state index contributed by atoms with van der Waals surface area (Å²) in [5.41, 5.74) is 1.15. The minimum Gasteiger partial charge on any atom is -0.313 e. The van der Waals surface area contributed by atoms with Crippen LogP contribution in [0, 0.1) is 0 Å². The van der Waals surface area contributed by atoms with Gasteiger partial charge in [-0.05, 0) is 17.0 Å². The largest absolute Gasteiger partial charge is 0.313 e. The Kier molecular flexibility index (Phi) is 4.61. The van der Waals surface area contributed by atoms with Crippen molar-refractivity contribution >= 4 is 11.8 Å². The third kappa shape index (κ3) is 3.47. The van der Waals surface area contributed by atoms with E-state index in [1.807, 2.05) is 7.05 Å². The molecule has 0 atom stereocenters. The fraction of sp³-hybridized carbons (Fsp3) is 0.625. The Balaban J connectivity index is 2.27. The van der Waals surface area contributed by atoms with Crippen LogP contribution in [0.1, 0.15) is 6.92 Å². The van der Waals surface area contributed by atoms with Gasteiger partial charge in [-0.25, -0.2) is 4.68 Å². The third-order valence-corrected chi connectivity index (χ3v) is 2.77. The van der Waals surface area contributed by atoms with Crippen LogP contribution in [0.25, 0.3) is 0 Å². The fourth-order valence-electron chi connectivity index (χ4n) is 0.863. The normalized spacial score (nSPS) is 10.4. The van der Waals surface area contributed by atoms with Crippen molar-refractivity contribution in [3.05, 3.63) is 12.2 Å². The van der Waals surface area contributed by atoms with E-state index in [9.17, 15) is 0 Å². The lowest BCUT2D eigenvalue weighted by molar-refractivity contribution is 0.664. The molecule has 0 aromatic carbocycles. The second kappa shape index (κ2) is 5.77. The fourth-order valence-corrected chi connectivity index (χ4v) is 1.62. The highest BCUT2D eigenvalue weighted by atomic mass is 32.2. The van der Waals surface area contributed by atoms with E-state index >= 15 is 0 Å². The first-order valence-corrected chi connectivity index (χ1v) is 5.45. The molecule has 0 aliphatic carbocycles.